The number of methoxy groups -OCH3 is 1. The van der Waals surface area contributed by atoms with E-state index in [1.165, 1.54) is 14.0 Å². The first-order chi connectivity index (χ1) is 14.6. The largest absolute Gasteiger partial charge is 0.493 e. The van der Waals surface area contributed by atoms with Crippen molar-refractivity contribution >= 4 is 11.7 Å². The Balaban J connectivity index is 1.63. The van der Waals surface area contributed by atoms with Crippen LogP contribution in [0.15, 0.2) is 78.9 Å². The number of ketones is 1. The lowest BCUT2D eigenvalue weighted by Gasteiger charge is -2.19. The lowest BCUT2D eigenvalue weighted by Crippen LogP contribution is -2.32. The monoisotopic (exact) mass is 403 g/mol. The lowest BCUT2D eigenvalue weighted by atomic mass is 9.91. The van der Waals surface area contributed by atoms with Crippen molar-refractivity contribution in [3.63, 3.8) is 0 Å². The van der Waals surface area contributed by atoms with Crippen LogP contribution in [-0.4, -0.2) is 32.0 Å². The average Bonchev–Trinajstić information content (AvgIpc) is 2.79. The minimum Gasteiger partial charge on any atom is -0.493 e. The maximum atomic E-state index is 12.4. The zero-order chi connectivity index (χ0) is 21.3. The molecule has 0 aromatic heterocycles. The van der Waals surface area contributed by atoms with Crippen LogP contribution < -0.4 is 14.8 Å². The van der Waals surface area contributed by atoms with Gasteiger partial charge < -0.3 is 14.8 Å². The second-order valence-electron chi connectivity index (χ2n) is 6.89. The Morgan fingerprint density at radius 3 is 2.00 bits per heavy atom. The van der Waals surface area contributed by atoms with Gasteiger partial charge in [0.05, 0.1) is 7.11 Å². The number of hydrogen-bond donors (Lipinski definition) is 1. The molecule has 0 unspecified atom stereocenters. The van der Waals surface area contributed by atoms with E-state index in [-0.39, 0.29) is 24.2 Å². The van der Waals surface area contributed by atoms with Gasteiger partial charge in [-0.1, -0.05) is 60.7 Å². The highest BCUT2D eigenvalue weighted by atomic mass is 16.5. The number of hydrogen-bond acceptors (Lipinski definition) is 4. The minimum atomic E-state index is -0.232. The van der Waals surface area contributed by atoms with Crippen LogP contribution in [-0.2, 0) is 4.79 Å². The van der Waals surface area contributed by atoms with Gasteiger partial charge in [-0.3, -0.25) is 9.59 Å². The maximum Gasteiger partial charge on any atom is 0.257 e. The second-order valence-corrected chi connectivity index (χ2v) is 6.89. The molecule has 5 nitrogen and oxygen atoms in total. The summed E-state index contributed by atoms with van der Waals surface area (Å²) < 4.78 is 10.9. The van der Waals surface area contributed by atoms with Gasteiger partial charge in [-0.2, -0.15) is 0 Å². The zero-order valence-electron chi connectivity index (χ0n) is 17.1. The molecule has 0 heterocycles. The van der Waals surface area contributed by atoms with E-state index in [0.29, 0.717) is 23.6 Å². The molecule has 1 amide bonds. The van der Waals surface area contributed by atoms with Gasteiger partial charge >= 0.3 is 0 Å². The smallest absolute Gasteiger partial charge is 0.257 e. The van der Waals surface area contributed by atoms with Crippen molar-refractivity contribution in [2.24, 2.45) is 0 Å². The van der Waals surface area contributed by atoms with E-state index in [0.717, 1.165) is 11.1 Å². The molecular weight excluding hydrogens is 378 g/mol. The molecular formula is C25H25NO4. The van der Waals surface area contributed by atoms with Crippen molar-refractivity contribution in [1.29, 1.82) is 0 Å². The van der Waals surface area contributed by atoms with Crippen LogP contribution >= 0.6 is 0 Å². The zero-order valence-corrected chi connectivity index (χ0v) is 17.1. The molecule has 30 heavy (non-hydrogen) atoms. The number of benzene rings is 3. The van der Waals surface area contributed by atoms with Crippen molar-refractivity contribution in [2.45, 2.75) is 12.8 Å². The van der Waals surface area contributed by atoms with Gasteiger partial charge in [-0.15, -0.1) is 0 Å². The molecule has 0 aliphatic carbocycles. The van der Waals surface area contributed by atoms with E-state index in [9.17, 15) is 9.59 Å². The molecule has 0 radical (unpaired) electrons. The van der Waals surface area contributed by atoms with Crippen molar-refractivity contribution in [3.8, 4) is 11.5 Å². The molecule has 0 atom stereocenters. The van der Waals surface area contributed by atoms with Gasteiger partial charge in [0.1, 0.15) is 0 Å². The fourth-order valence-electron chi connectivity index (χ4n) is 3.21. The molecule has 3 aromatic rings. The highest BCUT2D eigenvalue weighted by Crippen LogP contribution is 2.28. The van der Waals surface area contributed by atoms with Crippen molar-refractivity contribution in [2.75, 3.05) is 20.3 Å². The number of carbonyl (C=O) groups excluding carboxylic acids is 2. The summed E-state index contributed by atoms with van der Waals surface area (Å²) in [5.74, 6) is 0.582. The molecule has 0 fully saturated rings. The van der Waals surface area contributed by atoms with E-state index in [4.69, 9.17) is 9.47 Å². The molecule has 0 bridgehead atoms. The van der Waals surface area contributed by atoms with E-state index in [1.54, 1.807) is 18.2 Å². The molecule has 3 aromatic carbocycles. The quantitative estimate of drug-likeness (QED) is 0.543. The van der Waals surface area contributed by atoms with Gasteiger partial charge in [-0.05, 0) is 36.2 Å². The normalized spacial score (nSPS) is 10.5. The third-order valence-electron chi connectivity index (χ3n) is 4.84. The Morgan fingerprint density at radius 2 is 1.47 bits per heavy atom. The van der Waals surface area contributed by atoms with Crippen molar-refractivity contribution in [1.82, 2.24) is 5.32 Å². The Bertz CT molecular complexity index is 947. The van der Waals surface area contributed by atoms with E-state index in [1.807, 2.05) is 36.4 Å². The number of rotatable bonds is 9. The van der Waals surface area contributed by atoms with E-state index >= 15 is 0 Å². The highest BCUT2D eigenvalue weighted by Gasteiger charge is 2.16. The predicted molar refractivity (Wildman–Crippen MR) is 116 cm³/mol. The number of nitrogens with one attached hydrogen (secondary N) is 1. The molecule has 5 heteroatoms. The standard InChI is InChI=1S/C25H25NO4/c1-18(27)21-13-14-23(24(15-21)29-2)30-17-25(28)26-16-22(19-9-5-3-6-10-19)20-11-7-4-8-12-20/h3-15,22H,16-17H2,1-2H3,(H,26,28). The van der Waals surface area contributed by atoms with Gasteiger partial charge in [0, 0.05) is 18.0 Å². The van der Waals surface area contributed by atoms with E-state index in [2.05, 4.69) is 29.6 Å². The van der Waals surface area contributed by atoms with Gasteiger partial charge in [-0.25, -0.2) is 0 Å². The molecule has 0 saturated heterocycles. The van der Waals surface area contributed by atoms with Crippen LogP contribution in [0.4, 0.5) is 0 Å². The summed E-state index contributed by atoms with van der Waals surface area (Å²) in [4.78, 5) is 23.9. The minimum absolute atomic E-state index is 0.0423. The van der Waals surface area contributed by atoms with Crippen molar-refractivity contribution in [3.05, 3.63) is 95.6 Å². The number of amides is 1. The fourth-order valence-corrected chi connectivity index (χ4v) is 3.21. The Kier molecular flexibility index (Phi) is 7.22. The first kappa shape index (κ1) is 21.1. The molecule has 0 saturated carbocycles. The third-order valence-corrected chi connectivity index (χ3v) is 4.84. The fraction of sp³-hybridized carbons (Fsp3) is 0.200. The Hall–Kier alpha value is -3.60. The Labute approximate surface area is 176 Å². The number of carbonyl (C=O) groups is 2. The van der Waals surface area contributed by atoms with Gasteiger partial charge in [0.2, 0.25) is 0 Å². The second kappa shape index (κ2) is 10.3. The summed E-state index contributed by atoms with van der Waals surface area (Å²) in [5.41, 5.74) is 2.79. The summed E-state index contributed by atoms with van der Waals surface area (Å²) in [7, 11) is 1.50. The van der Waals surface area contributed by atoms with Crippen LogP contribution in [0.3, 0.4) is 0 Å². The van der Waals surface area contributed by atoms with Gasteiger partial charge in [0.15, 0.2) is 23.9 Å². The van der Waals surface area contributed by atoms with E-state index < -0.39 is 0 Å². The Morgan fingerprint density at radius 1 is 0.867 bits per heavy atom. The predicted octanol–water partition coefficient (Wildman–Crippen LogP) is 4.22. The van der Waals surface area contributed by atoms with Crippen LogP contribution in [0, 0.1) is 0 Å². The summed E-state index contributed by atoms with van der Waals surface area (Å²) in [6, 6.07) is 25.0. The van der Waals surface area contributed by atoms with Crippen molar-refractivity contribution < 1.29 is 19.1 Å². The topological polar surface area (TPSA) is 64.6 Å². The SMILES string of the molecule is COc1cc(C(C)=O)ccc1OCC(=O)NCC(c1ccccc1)c1ccccc1. The molecule has 0 aliphatic heterocycles. The highest BCUT2D eigenvalue weighted by molar-refractivity contribution is 5.94. The first-order valence-corrected chi connectivity index (χ1v) is 9.77. The van der Waals surface area contributed by atoms with Crippen LogP contribution in [0.1, 0.15) is 34.3 Å². The lowest BCUT2D eigenvalue weighted by molar-refractivity contribution is -0.123. The average molecular weight is 403 g/mol. The first-order valence-electron chi connectivity index (χ1n) is 9.77. The number of ether oxygens (including phenoxy) is 2. The summed E-state index contributed by atoms with van der Waals surface area (Å²) in [6.45, 7) is 1.79. The summed E-state index contributed by atoms with van der Waals surface area (Å²) >= 11 is 0. The number of Topliss-reactive ketones (excluding diaryl/α,β-unsaturated/α-hetero) is 1. The van der Waals surface area contributed by atoms with Crippen LogP contribution in [0.5, 0.6) is 11.5 Å². The maximum absolute atomic E-state index is 12.4. The van der Waals surface area contributed by atoms with Gasteiger partial charge in [0.25, 0.3) is 5.91 Å². The third kappa shape index (κ3) is 5.47. The molecule has 154 valence electrons. The summed E-state index contributed by atoms with van der Waals surface area (Å²) in [6.07, 6.45) is 0. The molecule has 3 rings (SSSR count). The summed E-state index contributed by atoms with van der Waals surface area (Å²) in [5, 5.41) is 2.96. The van der Waals surface area contributed by atoms with Crippen LogP contribution in [0.2, 0.25) is 0 Å². The molecule has 0 aliphatic rings. The van der Waals surface area contributed by atoms with Crippen LogP contribution in [0.25, 0.3) is 0 Å². The molecule has 1 N–H and O–H groups in total. The molecule has 0 spiro atoms.